The molecule has 0 unspecified atom stereocenters. The van der Waals surface area contributed by atoms with Crippen LogP contribution in [0.1, 0.15) is 19.3 Å². The van der Waals surface area contributed by atoms with E-state index in [-0.39, 0.29) is 12.0 Å². The fraction of sp³-hybridized carbons (Fsp3) is 0.909. The zero-order chi connectivity index (χ0) is 11.6. The molecule has 0 aromatic heterocycles. The summed E-state index contributed by atoms with van der Waals surface area (Å²) >= 11 is 0. The van der Waals surface area contributed by atoms with Crippen molar-refractivity contribution in [3.63, 3.8) is 0 Å². The first-order valence-corrected chi connectivity index (χ1v) is 5.97. The minimum absolute atomic E-state index is 0.192. The summed E-state index contributed by atoms with van der Waals surface area (Å²) in [6, 6.07) is 0. The number of nitrogens with one attached hydrogen (secondary N) is 1. The first-order valence-electron chi connectivity index (χ1n) is 5.97. The molecule has 0 atom stereocenters. The quantitative estimate of drug-likeness (QED) is 0.670. The van der Waals surface area contributed by atoms with Crippen LogP contribution in [0.3, 0.4) is 0 Å². The number of rotatable bonds is 3. The molecule has 0 bridgehead atoms. The maximum Gasteiger partial charge on any atom is 0.238 e. The van der Waals surface area contributed by atoms with Crippen LogP contribution in [0.4, 0.5) is 0 Å². The predicted octanol–water partition coefficient (Wildman–Crippen LogP) is -0.685. The third-order valence-corrected chi connectivity index (χ3v) is 3.87. The number of carbonyl (C=O) groups is 1. The van der Waals surface area contributed by atoms with E-state index in [1.807, 2.05) is 0 Å². The van der Waals surface area contributed by atoms with Gasteiger partial charge in [-0.2, -0.15) is 0 Å². The Morgan fingerprint density at radius 2 is 2.19 bits per heavy atom. The van der Waals surface area contributed by atoms with Crippen LogP contribution in [-0.2, 0) is 9.53 Å². The molecule has 1 aliphatic heterocycles. The van der Waals surface area contributed by atoms with E-state index in [9.17, 15) is 4.79 Å². The number of hydrogen-bond acceptors (Lipinski definition) is 4. The fourth-order valence-corrected chi connectivity index (χ4v) is 2.75. The zero-order valence-electron chi connectivity index (χ0n) is 9.87. The highest BCUT2D eigenvalue weighted by Gasteiger charge is 2.53. The highest BCUT2D eigenvalue weighted by molar-refractivity contribution is 5.86. The normalized spacial score (nSPS) is 36.4. The third-order valence-electron chi connectivity index (χ3n) is 3.87. The van der Waals surface area contributed by atoms with Crippen molar-refractivity contribution < 1.29 is 9.53 Å². The topological polar surface area (TPSA) is 67.6 Å². The van der Waals surface area contributed by atoms with E-state index in [0.717, 1.165) is 45.4 Å². The van der Waals surface area contributed by atoms with Gasteiger partial charge < -0.3 is 15.8 Å². The van der Waals surface area contributed by atoms with E-state index in [4.69, 9.17) is 10.5 Å². The first kappa shape index (κ1) is 11.8. The molecule has 0 radical (unpaired) electrons. The van der Waals surface area contributed by atoms with E-state index in [1.54, 1.807) is 7.11 Å². The summed E-state index contributed by atoms with van der Waals surface area (Å²) in [6.07, 6.45) is 2.77. The van der Waals surface area contributed by atoms with Crippen molar-refractivity contribution in [2.45, 2.75) is 30.9 Å². The molecule has 1 saturated carbocycles. The van der Waals surface area contributed by atoms with Gasteiger partial charge in [-0.1, -0.05) is 0 Å². The van der Waals surface area contributed by atoms with Gasteiger partial charge >= 0.3 is 0 Å². The number of nitrogens with zero attached hydrogens (tertiary/aromatic N) is 1. The molecule has 0 aromatic rings. The number of ether oxygens (including phenoxy) is 1. The van der Waals surface area contributed by atoms with Gasteiger partial charge in [0.15, 0.2) is 0 Å². The molecule has 92 valence electrons. The van der Waals surface area contributed by atoms with Crippen molar-refractivity contribution in [1.82, 2.24) is 10.2 Å². The lowest BCUT2D eigenvalue weighted by Gasteiger charge is -2.51. The maximum absolute atomic E-state index is 11.7. The van der Waals surface area contributed by atoms with Crippen LogP contribution in [0.5, 0.6) is 0 Å². The number of amides is 1. The van der Waals surface area contributed by atoms with Crippen molar-refractivity contribution in [2.24, 2.45) is 5.73 Å². The number of carbonyl (C=O) groups excluding carboxylic acids is 1. The Hall–Kier alpha value is -0.650. The summed E-state index contributed by atoms with van der Waals surface area (Å²) < 4.78 is 5.26. The number of primary amides is 1. The largest absolute Gasteiger partial charge is 0.381 e. The molecule has 0 aromatic carbocycles. The summed E-state index contributed by atoms with van der Waals surface area (Å²) in [5.41, 5.74) is 5.14. The second kappa shape index (κ2) is 4.69. The van der Waals surface area contributed by atoms with E-state index in [2.05, 4.69) is 10.2 Å². The maximum atomic E-state index is 11.7. The van der Waals surface area contributed by atoms with Gasteiger partial charge in [-0.25, -0.2) is 0 Å². The Kier molecular flexibility index (Phi) is 3.47. The van der Waals surface area contributed by atoms with Crippen LogP contribution in [0.2, 0.25) is 0 Å². The highest BCUT2D eigenvalue weighted by atomic mass is 16.5. The third kappa shape index (κ3) is 1.95. The lowest BCUT2D eigenvalue weighted by Crippen LogP contribution is -2.67. The molecule has 5 heteroatoms. The molecule has 0 spiro atoms. The molecule has 1 aliphatic carbocycles. The van der Waals surface area contributed by atoms with Crippen molar-refractivity contribution in [3.8, 4) is 0 Å². The molecule has 1 heterocycles. The summed E-state index contributed by atoms with van der Waals surface area (Å²) in [7, 11) is 1.69. The van der Waals surface area contributed by atoms with Gasteiger partial charge in [0.05, 0.1) is 6.10 Å². The Morgan fingerprint density at radius 1 is 1.44 bits per heavy atom. The molecule has 1 saturated heterocycles. The molecule has 1 amide bonds. The highest BCUT2D eigenvalue weighted by Crippen LogP contribution is 2.39. The summed E-state index contributed by atoms with van der Waals surface area (Å²) in [4.78, 5) is 13.9. The van der Waals surface area contributed by atoms with Gasteiger partial charge in [0, 0.05) is 39.6 Å². The van der Waals surface area contributed by atoms with Crippen molar-refractivity contribution in [2.75, 3.05) is 33.3 Å². The molecule has 2 rings (SSSR count). The number of nitrogens with two attached hydrogens (primary N) is 1. The summed E-state index contributed by atoms with van der Waals surface area (Å²) in [6.45, 7) is 3.82. The zero-order valence-corrected chi connectivity index (χ0v) is 9.87. The molecule has 2 fully saturated rings. The molecule has 2 aliphatic rings. The fourth-order valence-electron chi connectivity index (χ4n) is 2.75. The lowest BCUT2D eigenvalue weighted by atomic mass is 9.72. The van der Waals surface area contributed by atoms with E-state index in [0.29, 0.717) is 0 Å². The van der Waals surface area contributed by atoms with Gasteiger partial charge in [-0.05, 0) is 13.0 Å². The van der Waals surface area contributed by atoms with Crippen molar-refractivity contribution in [1.29, 1.82) is 0 Å². The first-order chi connectivity index (χ1) is 7.69. The average Bonchev–Trinajstić information content (AvgIpc) is 2.45. The van der Waals surface area contributed by atoms with Gasteiger partial charge in [-0.15, -0.1) is 0 Å². The van der Waals surface area contributed by atoms with Crippen molar-refractivity contribution >= 4 is 5.91 Å². The van der Waals surface area contributed by atoms with Crippen LogP contribution in [0.25, 0.3) is 0 Å². The van der Waals surface area contributed by atoms with Crippen molar-refractivity contribution in [3.05, 3.63) is 0 Å². The number of methoxy groups -OCH3 is 1. The standard InChI is InChI=1S/C11H21N3O2/c1-16-9-7-11(8-9,10(12)15)14-5-2-3-13-4-6-14/h9,13H,2-8H2,1H3,(H2,12,15). The van der Waals surface area contributed by atoms with Gasteiger partial charge in [0.2, 0.25) is 5.91 Å². The molecule has 3 N–H and O–H groups in total. The predicted molar refractivity (Wildman–Crippen MR) is 61.0 cm³/mol. The molecular formula is C11H21N3O2. The second-order valence-electron chi connectivity index (χ2n) is 4.75. The van der Waals surface area contributed by atoms with Gasteiger partial charge in [0.1, 0.15) is 5.54 Å². The van der Waals surface area contributed by atoms with Gasteiger partial charge in [-0.3, -0.25) is 9.69 Å². The second-order valence-corrected chi connectivity index (χ2v) is 4.75. The lowest BCUT2D eigenvalue weighted by molar-refractivity contribution is -0.149. The smallest absolute Gasteiger partial charge is 0.238 e. The van der Waals surface area contributed by atoms with Crippen LogP contribution in [0.15, 0.2) is 0 Å². The molecule has 5 nitrogen and oxygen atoms in total. The van der Waals surface area contributed by atoms with E-state index >= 15 is 0 Å². The number of hydrogen-bond donors (Lipinski definition) is 2. The van der Waals surface area contributed by atoms with Crippen LogP contribution >= 0.6 is 0 Å². The average molecular weight is 227 g/mol. The SMILES string of the molecule is COC1CC(C(N)=O)(N2CCCNCC2)C1. The van der Waals surface area contributed by atoms with Gasteiger partial charge in [0.25, 0.3) is 0 Å². The van der Waals surface area contributed by atoms with E-state index in [1.165, 1.54) is 0 Å². The monoisotopic (exact) mass is 227 g/mol. The van der Waals surface area contributed by atoms with E-state index < -0.39 is 5.54 Å². The Labute approximate surface area is 96.3 Å². The molecular weight excluding hydrogens is 206 g/mol. The van der Waals surface area contributed by atoms with Crippen LogP contribution in [0, 0.1) is 0 Å². The Morgan fingerprint density at radius 3 is 2.81 bits per heavy atom. The Balaban J connectivity index is 2.04. The van der Waals surface area contributed by atoms with Crippen LogP contribution < -0.4 is 11.1 Å². The Bertz CT molecular complexity index is 256. The molecule has 16 heavy (non-hydrogen) atoms. The minimum Gasteiger partial charge on any atom is -0.381 e. The van der Waals surface area contributed by atoms with Crippen LogP contribution in [-0.4, -0.2) is 55.7 Å². The summed E-state index contributed by atoms with van der Waals surface area (Å²) in [5, 5.41) is 3.34. The summed E-state index contributed by atoms with van der Waals surface area (Å²) in [5.74, 6) is -0.192. The minimum atomic E-state index is -0.438.